The summed E-state index contributed by atoms with van der Waals surface area (Å²) in [5.74, 6) is -1.65. The summed E-state index contributed by atoms with van der Waals surface area (Å²) in [5, 5.41) is 26.1. The molecule has 2 aliphatic rings. The van der Waals surface area contributed by atoms with Crippen LogP contribution in [0.4, 0.5) is 55.1 Å². The third-order valence-electron chi connectivity index (χ3n) is 21.5. The van der Waals surface area contributed by atoms with Crippen molar-refractivity contribution in [3.63, 3.8) is 0 Å². The molecule has 0 spiro atoms. The zero-order chi connectivity index (χ0) is 93.0. The van der Waals surface area contributed by atoms with Crippen molar-refractivity contribution in [3.05, 3.63) is 163 Å². The number of aromatic nitrogens is 8. The first-order valence-corrected chi connectivity index (χ1v) is 47.3. The highest BCUT2D eigenvalue weighted by atomic mass is 32.2. The third-order valence-corrected chi connectivity index (χ3v) is 26.3. The molecular weight excluding hydrogens is 1680 g/mol. The fraction of sp³-hybridized carbons (Fsp3) is 0.529. The number of hydrogen-bond acceptors (Lipinski definition) is 20. The van der Waals surface area contributed by atoms with Crippen LogP contribution in [0.3, 0.4) is 0 Å². The number of nitrogens with zero attached hydrogens (tertiary/aromatic N) is 12. The molecule has 0 radical (unpaired) electrons. The molecule has 684 valence electrons. The van der Waals surface area contributed by atoms with E-state index in [-0.39, 0.29) is 61.7 Å². The first kappa shape index (κ1) is 101. The van der Waals surface area contributed by atoms with Crippen molar-refractivity contribution in [3.8, 4) is 0 Å². The lowest BCUT2D eigenvalue weighted by atomic mass is 9.92. The number of halogens is 3. The van der Waals surface area contributed by atoms with Crippen LogP contribution in [0, 0.1) is 17.5 Å². The zero-order valence-electron chi connectivity index (χ0n) is 76.3. The molecule has 124 heavy (non-hydrogen) atoms. The predicted octanol–water partition coefficient (Wildman–Crippen LogP) is 14.1. The summed E-state index contributed by atoms with van der Waals surface area (Å²) in [6.45, 7) is 35.6. The predicted molar refractivity (Wildman–Crippen MR) is 477 cm³/mol. The van der Waals surface area contributed by atoms with E-state index in [1.165, 1.54) is 85.8 Å². The SMILES string of the molecule is CC(C)N(C)Cc1cc(S(=O)(=O)NC(=O)Nc2c3c(cc4c2CCC4)CCC3)nn1C.CC(C)c1cc(F)cc(C(C)C)c1NC(=O)NS(=O)(=O)c1cc(CN(C)C(C)C)n(C)n1.CC(C)c1cc(F)cc(C(C)C)c1NC(=O)NS(=O)(=O)c1cc(CN(C)C)n(C)n1.CCN(C)Cc1cc(S(=O)(=O)NC(=O)Nc2c(C(C)C)cc(F)cc2C(C)C)nn1C. The van der Waals surface area contributed by atoms with Gasteiger partial charge in [0.05, 0.1) is 22.8 Å². The number of urea groups is 4. The monoisotopic (exact) mass is 1800 g/mol. The second-order valence-electron chi connectivity index (χ2n) is 34.3. The van der Waals surface area contributed by atoms with Crippen LogP contribution in [0.2, 0.25) is 0 Å². The number of anilines is 4. The Hall–Kier alpha value is -9.77. The van der Waals surface area contributed by atoms with Crippen LogP contribution in [0.15, 0.2) is 86.8 Å². The lowest BCUT2D eigenvalue weighted by Gasteiger charge is -2.20. The first-order valence-electron chi connectivity index (χ1n) is 41.4. The maximum Gasteiger partial charge on any atom is 0.333 e. The van der Waals surface area contributed by atoms with Crippen LogP contribution >= 0.6 is 0 Å². The third kappa shape index (κ3) is 26.7. The van der Waals surface area contributed by atoms with E-state index in [9.17, 15) is 66.0 Å². The maximum absolute atomic E-state index is 14.1. The van der Waals surface area contributed by atoms with Gasteiger partial charge in [-0.1, -0.05) is 96.1 Å². The molecule has 0 bridgehead atoms. The molecule has 0 fully saturated rings. The number of carbonyl (C=O) groups excluding carboxylic acids is 4. The molecule has 8 amide bonds. The lowest BCUT2D eigenvalue weighted by molar-refractivity contribution is 0.255. The topological polar surface area (TPSA) is 385 Å². The largest absolute Gasteiger partial charge is 0.333 e. The van der Waals surface area contributed by atoms with E-state index in [1.54, 1.807) is 32.9 Å². The summed E-state index contributed by atoms with van der Waals surface area (Å²) in [6, 6.07) is 13.3. The molecular formula is C85H127F3N20O12S4. The van der Waals surface area contributed by atoms with Crippen molar-refractivity contribution in [2.45, 2.75) is 250 Å². The fourth-order valence-corrected chi connectivity index (χ4v) is 17.6. The highest BCUT2D eigenvalue weighted by Crippen LogP contribution is 2.40. The molecule has 4 heterocycles. The van der Waals surface area contributed by atoms with Crippen molar-refractivity contribution in [2.75, 3.05) is 63.1 Å². The molecule has 0 aliphatic heterocycles. The standard InChI is InChI=1S/C22H34FN5O3S.C22H31N5O3S.C21H32FN5O3S.C20H30FN5O3S/c1-13(2)18-9-16(23)10-19(14(3)4)21(18)24-22(29)26-32(30,31)20-11-17(28(8)25-20)12-27(7)15(5)6;1-14(2)26(3)13-17-12-20(24-27(17)4)31(29,30)25-22(28)23-21-18-9-5-7-15(18)11-16-8-6-10-19(16)21;1-8-26(6)12-16-11-19(24-27(16)7)31(29,30)25-21(28)23-20-17(13(2)3)9-15(22)10-18(20)14(4)5;1-12(2)16-8-14(21)9-17(13(3)4)19(16)22-20(27)24-30(28,29)18-10-15(11-25(5)6)26(7)23-18/h9-11,13-15H,12H2,1-8H3,(H2,24,26,29);11-12,14H,5-10,13H2,1-4H3,(H2,23,25,28);9-11,13-14H,8,12H2,1-7H3,(H2,23,25,28);8-10,12-13H,11H2,1-7H3,(H2,22,24,27). The van der Waals surface area contributed by atoms with Gasteiger partial charge in [-0.15, -0.1) is 0 Å². The normalized spacial score (nSPS) is 13.0. The number of carbonyl (C=O) groups is 4. The Labute approximate surface area is 730 Å². The van der Waals surface area contributed by atoms with Gasteiger partial charge in [0.25, 0.3) is 40.1 Å². The van der Waals surface area contributed by atoms with Crippen molar-refractivity contribution in [1.82, 2.24) is 77.6 Å². The molecule has 8 N–H and O–H groups in total. The van der Waals surface area contributed by atoms with E-state index in [0.717, 1.165) is 67.6 Å². The number of hydrogen-bond donors (Lipinski definition) is 8. The molecule has 0 saturated heterocycles. The molecule has 4 aromatic heterocycles. The van der Waals surface area contributed by atoms with Gasteiger partial charge in [-0.2, -0.15) is 54.1 Å². The average Bonchev–Trinajstić information content (AvgIpc) is 1.62. The Kier molecular flexibility index (Phi) is 34.7. The number of nitrogens with one attached hydrogen (secondary N) is 8. The molecule has 0 atom stereocenters. The Bertz CT molecular complexity index is 5520. The zero-order valence-corrected chi connectivity index (χ0v) is 79.5. The van der Waals surface area contributed by atoms with E-state index < -0.39 is 81.7 Å². The van der Waals surface area contributed by atoms with Gasteiger partial charge in [0.15, 0.2) is 20.1 Å². The molecule has 4 aromatic carbocycles. The summed E-state index contributed by atoms with van der Waals surface area (Å²) in [5.41, 5.74) is 13.4. The summed E-state index contributed by atoms with van der Waals surface area (Å²) in [6.07, 6.45) is 5.98. The van der Waals surface area contributed by atoms with Gasteiger partial charge in [-0.25, -0.2) is 51.2 Å². The van der Waals surface area contributed by atoms with Crippen LogP contribution in [-0.2, 0) is 120 Å². The van der Waals surface area contributed by atoms with Crippen molar-refractivity contribution in [2.24, 2.45) is 28.2 Å². The van der Waals surface area contributed by atoms with Gasteiger partial charge < -0.3 is 31.1 Å². The first-order chi connectivity index (χ1) is 57.5. The van der Waals surface area contributed by atoms with Crippen LogP contribution in [0.1, 0.15) is 244 Å². The Morgan fingerprint density at radius 1 is 0.355 bits per heavy atom. The van der Waals surface area contributed by atoms with E-state index in [1.807, 2.05) is 168 Å². The second kappa shape index (κ2) is 42.5. The van der Waals surface area contributed by atoms with Gasteiger partial charge in [-0.3, -0.25) is 28.5 Å². The minimum atomic E-state index is -4.20. The smallest absolute Gasteiger partial charge is 0.307 e. The molecule has 0 unspecified atom stereocenters. The number of aryl methyl sites for hydroxylation is 6. The maximum atomic E-state index is 14.1. The van der Waals surface area contributed by atoms with Gasteiger partial charge in [0.2, 0.25) is 0 Å². The van der Waals surface area contributed by atoms with Crippen molar-refractivity contribution in [1.29, 1.82) is 0 Å². The highest BCUT2D eigenvalue weighted by molar-refractivity contribution is 7.90. The van der Waals surface area contributed by atoms with E-state index in [0.29, 0.717) is 99.7 Å². The average molecular weight is 1810 g/mol. The quantitative estimate of drug-likeness (QED) is 0.0216. The molecule has 10 rings (SSSR count). The van der Waals surface area contributed by atoms with Crippen LogP contribution in [0.5, 0.6) is 0 Å². The number of rotatable bonds is 29. The lowest BCUT2D eigenvalue weighted by Crippen LogP contribution is -2.35. The minimum Gasteiger partial charge on any atom is -0.307 e. The summed E-state index contributed by atoms with van der Waals surface area (Å²) < 4.78 is 158. The van der Waals surface area contributed by atoms with Gasteiger partial charge in [0, 0.05) is 113 Å². The molecule has 0 saturated carbocycles. The molecule has 2 aliphatic carbocycles. The number of benzene rings is 4. The number of amides is 8. The molecule has 8 aromatic rings. The number of fused-ring (bicyclic) bond motifs is 2. The summed E-state index contributed by atoms with van der Waals surface area (Å²) in [4.78, 5) is 58.6. The Morgan fingerprint density at radius 2 is 0.589 bits per heavy atom. The minimum absolute atomic E-state index is 0.0745. The van der Waals surface area contributed by atoms with Gasteiger partial charge in [0.1, 0.15) is 17.5 Å². The van der Waals surface area contributed by atoms with Crippen LogP contribution in [-0.4, -0.2) is 170 Å². The fourth-order valence-electron chi connectivity index (χ4n) is 13.9. The van der Waals surface area contributed by atoms with Crippen molar-refractivity contribution >= 4 is 87.0 Å². The van der Waals surface area contributed by atoms with E-state index >= 15 is 0 Å². The summed E-state index contributed by atoms with van der Waals surface area (Å²) in [7, 11) is -0.464. The number of sulfonamides is 4. The van der Waals surface area contributed by atoms with Gasteiger partial charge in [-0.05, 0) is 236 Å². The molecule has 39 heteroatoms. The van der Waals surface area contributed by atoms with Gasteiger partial charge >= 0.3 is 24.1 Å². The van der Waals surface area contributed by atoms with E-state index in [2.05, 4.69) is 71.2 Å². The van der Waals surface area contributed by atoms with Crippen molar-refractivity contribution < 1.29 is 66.0 Å². The van der Waals surface area contributed by atoms with Crippen LogP contribution in [0.25, 0.3) is 0 Å². The van der Waals surface area contributed by atoms with E-state index in [4.69, 9.17) is 0 Å². The van der Waals surface area contributed by atoms with Crippen LogP contribution < -0.4 is 40.2 Å². The highest BCUT2D eigenvalue weighted by Gasteiger charge is 2.33. The molecule has 32 nitrogen and oxygen atoms in total. The second-order valence-corrected chi connectivity index (χ2v) is 40.8. The Balaban J connectivity index is 0.000000227. The summed E-state index contributed by atoms with van der Waals surface area (Å²) >= 11 is 0. The Morgan fingerprint density at radius 3 is 0.815 bits per heavy atom.